The van der Waals surface area contributed by atoms with Crippen LogP contribution < -0.4 is 19.3 Å². The third-order valence-electron chi connectivity index (χ3n) is 8.96. The van der Waals surface area contributed by atoms with E-state index in [0.717, 1.165) is 39.1 Å². The molecule has 0 bridgehead atoms. The zero-order valence-corrected chi connectivity index (χ0v) is 27.6. The van der Waals surface area contributed by atoms with E-state index in [4.69, 9.17) is 14.0 Å². The lowest BCUT2D eigenvalue weighted by atomic mass is 9.83. The molecule has 7 rings (SSSR count). The fourth-order valence-electron chi connectivity index (χ4n) is 6.92. The van der Waals surface area contributed by atoms with Crippen molar-refractivity contribution in [2.75, 3.05) is 7.11 Å². The van der Waals surface area contributed by atoms with Gasteiger partial charge in [-0.2, -0.15) is 0 Å². The maximum absolute atomic E-state index is 16.4. The van der Waals surface area contributed by atoms with Crippen LogP contribution in [-0.2, 0) is 9.72 Å². The van der Waals surface area contributed by atoms with Gasteiger partial charge in [0.15, 0.2) is 0 Å². The number of phenols is 1. The van der Waals surface area contributed by atoms with Crippen molar-refractivity contribution in [1.82, 2.24) is 0 Å². The van der Waals surface area contributed by atoms with Crippen LogP contribution in [0.4, 0.5) is 0 Å². The predicted octanol–water partition coefficient (Wildman–Crippen LogP) is 10.1. The first kappa shape index (κ1) is 30.4. The number of aromatic hydroxyl groups is 1. The molecule has 5 nitrogen and oxygen atoms in total. The summed E-state index contributed by atoms with van der Waals surface area (Å²) >= 11 is 0. The monoisotopic (exact) mass is 638 g/mol. The average Bonchev–Trinajstić information content (AvgIpc) is 3.08. The second-order valence-corrected chi connectivity index (χ2v) is 14.4. The lowest BCUT2D eigenvalue weighted by Gasteiger charge is -2.44. The number of phenolic OH excluding ortho intramolecular Hbond substituents is 1. The Bertz CT molecular complexity index is 2110. The molecule has 1 N–H and O–H groups in total. The minimum atomic E-state index is -3.95. The molecule has 0 saturated heterocycles. The molecule has 0 aromatic heterocycles. The molecule has 0 aliphatic carbocycles. The lowest BCUT2D eigenvalue weighted by molar-refractivity contribution is 0.414. The van der Waals surface area contributed by atoms with Crippen molar-refractivity contribution in [2.24, 2.45) is 0 Å². The van der Waals surface area contributed by atoms with Crippen LogP contribution in [0.5, 0.6) is 28.7 Å². The minimum absolute atomic E-state index is 0.110. The van der Waals surface area contributed by atoms with Gasteiger partial charge in [-0.15, -0.1) is 0 Å². The molecular formula is C41H35O5P. The number of aryl methyl sites for hydroxylation is 3. The lowest BCUT2D eigenvalue weighted by Crippen LogP contribution is -2.37. The highest BCUT2D eigenvalue weighted by atomic mass is 31.2. The second-order valence-electron chi connectivity index (χ2n) is 12.0. The molecule has 0 saturated carbocycles. The Balaban J connectivity index is 1.51. The molecular weight excluding hydrogens is 603 g/mol. The van der Waals surface area contributed by atoms with Crippen molar-refractivity contribution in [3.63, 3.8) is 0 Å². The van der Waals surface area contributed by atoms with Crippen molar-refractivity contribution in [1.29, 1.82) is 0 Å². The Labute approximate surface area is 275 Å². The Morgan fingerprint density at radius 1 is 0.638 bits per heavy atom. The van der Waals surface area contributed by atoms with Gasteiger partial charge in [0, 0.05) is 5.56 Å². The molecule has 0 amide bonds. The van der Waals surface area contributed by atoms with Gasteiger partial charge in [0.05, 0.1) is 12.4 Å². The summed E-state index contributed by atoms with van der Waals surface area (Å²) in [5.74, 6) is 2.81. The van der Waals surface area contributed by atoms with Gasteiger partial charge in [0.25, 0.3) is 7.37 Å². The van der Waals surface area contributed by atoms with E-state index in [1.165, 1.54) is 5.56 Å². The van der Waals surface area contributed by atoms with E-state index >= 15 is 4.57 Å². The second kappa shape index (κ2) is 11.8. The van der Waals surface area contributed by atoms with Gasteiger partial charge < -0.3 is 19.1 Å². The molecule has 1 heterocycles. The van der Waals surface area contributed by atoms with Gasteiger partial charge in [0.2, 0.25) is 0 Å². The normalized spacial score (nSPS) is 16.3. The van der Waals surface area contributed by atoms with Crippen LogP contribution in [-0.4, -0.2) is 12.2 Å². The fourth-order valence-corrected chi connectivity index (χ4v) is 10.2. The summed E-state index contributed by atoms with van der Waals surface area (Å²) in [7, 11) is -2.32. The molecule has 234 valence electrons. The fraction of sp³-hybridized carbons (Fsp3) is 0.122. The average molecular weight is 639 g/mol. The molecule has 1 aliphatic rings. The molecule has 6 aromatic rings. The third kappa shape index (κ3) is 4.99. The van der Waals surface area contributed by atoms with Crippen LogP contribution in [0.1, 0.15) is 33.4 Å². The van der Waals surface area contributed by atoms with E-state index in [1.54, 1.807) is 19.2 Å². The number of hydrogen-bond donors (Lipinski definition) is 1. The first-order chi connectivity index (χ1) is 22.7. The zero-order valence-electron chi connectivity index (χ0n) is 26.7. The van der Waals surface area contributed by atoms with Crippen LogP contribution in [0.15, 0.2) is 133 Å². The highest BCUT2D eigenvalue weighted by Crippen LogP contribution is 2.71. The zero-order chi connectivity index (χ0) is 32.8. The molecule has 1 aliphatic heterocycles. The number of rotatable bonds is 7. The number of benzene rings is 6. The molecule has 2 unspecified atom stereocenters. The van der Waals surface area contributed by atoms with E-state index in [-0.39, 0.29) is 5.75 Å². The first-order valence-electron chi connectivity index (χ1n) is 15.5. The Hall–Kier alpha value is -5.25. The van der Waals surface area contributed by atoms with Gasteiger partial charge in [-0.3, -0.25) is 4.57 Å². The van der Waals surface area contributed by atoms with Gasteiger partial charge in [0.1, 0.15) is 33.9 Å². The molecule has 2 atom stereocenters. The summed E-state index contributed by atoms with van der Waals surface area (Å²) in [5.41, 5.74) is 7.24. The molecule has 6 aromatic carbocycles. The summed E-state index contributed by atoms with van der Waals surface area (Å²) in [6.07, 6.45) is 0. The molecule has 6 heteroatoms. The Kier molecular flexibility index (Phi) is 7.66. The van der Waals surface area contributed by atoms with E-state index in [1.807, 2.05) is 123 Å². The van der Waals surface area contributed by atoms with Crippen molar-refractivity contribution in [2.45, 2.75) is 25.9 Å². The number of hydrogen-bond acceptors (Lipinski definition) is 5. The molecule has 47 heavy (non-hydrogen) atoms. The third-order valence-corrected chi connectivity index (χ3v) is 12.1. The number of ether oxygens (including phenoxy) is 2. The van der Waals surface area contributed by atoms with Gasteiger partial charge >= 0.3 is 0 Å². The smallest absolute Gasteiger partial charge is 0.296 e. The summed E-state index contributed by atoms with van der Waals surface area (Å²) in [6.45, 7) is 6.17. The van der Waals surface area contributed by atoms with Crippen molar-refractivity contribution in [3.05, 3.63) is 167 Å². The number of fused-ring (bicyclic) bond motifs is 3. The van der Waals surface area contributed by atoms with Crippen LogP contribution in [0, 0.1) is 20.8 Å². The molecule has 0 radical (unpaired) electrons. The summed E-state index contributed by atoms with van der Waals surface area (Å²) in [5, 5.41) is 9.68. The quantitative estimate of drug-likeness (QED) is 0.139. The van der Waals surface area contributed by atoms with Crippen LogP contribution in [0.2, 0.25) is 0 Å². The number of para-hydroxylation sites is 1. The van der Waals surface area contributed by atoms with Crippen LogP contribution in [0.3, 0.4) is 0 Å². The van der Waals surface area contributed by atoms with Gasteiger partial charge in [-0.25, -0.2) is 0 Å². The van der Waals surface area contributed by atoms with Gasteiger partial charge in [-0.1, -0.05) is 90.5 Å². The van der Waals surface area contributed by atoms with Crippen LogP contribution >= 0.6 is 7.37 Å². The highest BCUT2D eigenvalue weighted by molar-refractivity contribution is 7.69. The SMILES string of the molecule is COc1ccc(C(c2ccc(O)cc2)(c2ccc(Oc3c(C)cc(C)cc3C)cc2)P2(=O)Oc3ccccc3-c3ccccc32)cc1. The number of methoxy groups -OCH3 is 1. The van der Waals surface area contributed by atoms with E-state index in [2.05, 4.69) is 19.1 Å². The van der Waals surface area contributed by atoms with E-state index in [9.17, 15) is 5.11 Å². The largest absolute Gasteiger partial charge is 0.508 e. The Morgan fingerprint density at radius 3 is 1.74 bits per heavy atom. The van der Waals surface area contributed by atoms with E-state index < -0.39 is 12.5 Å². The van der Waals surface area contributed by atoms with E-state index in [0.29, 0.717) is 28.1 Å². The summed E-state index contributed by atoms with van der Waals surface area (Å²) < 4.78 is 35.3. The predicted molar refractivity (Wildman–Crippen MR) is 188 cm³/mol. The highest BCUT2D eigenvalue weighted by Gasteiger charge is 2.58. The Morgan fingerprint density at radius 2 is 1.15 bits per heavy atom. The van der Waals surface area contributed by atoms with Crippen molar-refractivity contribution in [3.8, 4) is 39.9 Å². The summed E-state index contributed by atoms with van der Waals surface area (Å²) in [4.78, 5) is 0. The van der Waals surface area contributed by atoms with Crippen LogP contribution in [0.25, 0.3) is 11.1 Å². The topological polar surface area (TPSA) is 65.0 Å². The maximum Gasteiger partial charge on any atom is 0.296 e. The van der Waals surface area contributed by atoms with Crippen molar-refractivity contribution >= 4 is 12.7 Å². The first-order valence-corrected chi connectivity index (χ1v) is 17.2. The summed E-state index contributed by atoms with van der Waals surface area (Å²) in [6, 6.07) is 42.1. The molecule has 0 fully saturated rings. The standard InChI is InChI=1S/C41H35O5P/c1-27-25-28(2)40(29(3)26-27)45-35-23-17-32(18-24-35)41(30-13-19-33(42)20-14-30,31-15-21-34(44-4)22-16-31)47(43)39-12-8-6-10-37(39)36-9-5-7-11-38(36)46-47/h5-26,42H,1-4H3. The van der Waals surface area contributed by atoms with Crippen molar-refractivity contribution < 1.29 is 23.7 Å². The minimum Gasteiger partial charge on any atom is -0.508 e. The van der Waals surface area contributed by atoms with Gasteiger partial charge in [-0.05, 0) is 103 Å². The molecule has 0 spiro atoms. The maximum atomic E-state index is 16.4.